The van der Waals surface area contributed by atoms with Crippen LogP contribution in [0.25, 0.3) is 0 Å². The fourth-order valence-corrected chi connectivity index (χ4v) is 1.98. The van der Waals surface area contributed by atoms with Crippen LogP contribution < -0.4 is 11.1 Å². The summed E-state index contributed by atoms with van der Waals surface area (Å²) in [4.78, 5) is 19.5. The van der Waals surface area contributed by atoms with Gasteiger partial charge < -0.3 is 11.1 Å². The van der Waals surface area contributed by atoms with Gasteiger partial charge >= 0.3 is 0 Å². The highest BCUT2D eigenvalue weighted by molar-refractivity contribution is 6.38. The predicted octanol–water partition coefficient (Wildman–Crippen LogP) is 2.88. The molecule has 1 amide bonds. The summed E-state index contributed by atoms with van der Waals surface area (Å²) in [6.45, 7) is 3.80. The number of carbonyl (C=O) groups is 1. The van der Waals surface area contributed by atoms with Gasteiger partial charge in [-0.3, -0.25) is 4.79 Å². The number of amides is 1. The van der Waals surface area contributed by atoms with Crippen LogP contribution in [0.15, 0.2) is 6.33 Å². The van der Waals surface area contributed by atoms with Gasteiger partial charge in [0.1, 0.15) is 12.0 Å². The maximum atomic E-state index is 12.0. The van der Waals surface area contributed by atoms with Crippen molar-refractivity contribution in [3.05, 3.63) is 16.6 Å². The van der Waals surface area contributed by atoms with Crippen LogP contribution in [0.3, 0.4) is 0 Å². The van der Waals surface area contributed by atoms with Crippen molar-refractivity contribution in [1.29, 1.82) is 0 Å². The van der Waals surface area contributed by atoms with Gasteiger partial charge in [-0.25, -0.2) is 9.97 Å². The predicted molar refractivity (Wildman–Crippen MR) is 77.3 cm³/mol. The molecule has 0 radical (unpaired) electrons. The van der Waals surface area contributed by atoms with E-state index in [2.05, 4.69) is 15.3 Å². The summed E-state index contributed by atoms with van der Waals surface area (Å²) in [5.41, 5.74) is 5.93. The van der Waals surface area contributed by atoms with E-state index in [9.17, 15) is 4.79 Å². The van der Waals surface area contributed by atoms with Gasteiger partial charge in [-0.05, 0) is 19.8 Å². The molecule has 0 aliphatic heterocycles. The number of carbonyl (C=O) groups excluding carboxylic acids is 1. The highest BCUT2D eigenvalue weighted by atomic mass is 35.5. The Labute approximate surface area is 122 Å². The van der Waals surface area contributed by atoms with Crippen LogP contribution in [0.4, 0.5) is 5.69 Å². The van der Waals surface area contributed by atoms with Crippen molar-refractivity contribution in [3.63, 3.8) is 0 Å². The van der Waals surface area contributed by atoms with Crippen molar-refractivity contribution in [3.8, 4) is 0 Å². The second kappa shape index (κ2) is 7.62. The highest BCUT2D eigenvalue weighted by Crippen LogP contribution is 2.26. The Morgan fingerprint density at radius 3 is 2.42 bits per heavy atom. The molecule has 106 valence electrons. The summed E-state index contributed by atoms with van der Waals surface area (Å²) in [5.74, 6) is -0.297. The molecule has 0 aromatic carbocycles. The molecule has 1 aromatic heterocycles. The lowest BCUT2D eigenvalue weighted by Crippen LogP contribution is -2.22. The van der Waals surface area contributed by atoms with Crippen LogP contribution in [0.1, 0.15) is 33.1 Å². The average molecular weight is 305 g/mol. The first-order valence-electron chi connectivity index (χ1n) is 6.14. The molecule has 0 aliphatic carbocycles. The van der Waals surface area contributed by atoms with E-state index in [1.807, 2.05) is 13.8 Å². The third-order valence-electron chi connectivity index (χ3n) is 2.75. The van der Waals surface area contributed by atoms with Crippen LogP contribution in [-0.4, -0.2) is 21.9 Å². The summed E-state index contributed by atoms with van der Waals surface area (Å²) in [5, 5.41) is 2.93. The van der Waals surface area contributed by atoms with E-state index in [4.69, 9.17) is 28.9 Å². The molecule has 3 N–H and O–H groups in total. The van der Waals surface area contributed by atoms with E-state index in [1.54, 1.807) is 0 Å². The van der Waals surface area contributed by atoms with Crippen LogP contribution in [0.5, 0.6) is 0 Å². The molecular weight excluding hydrogens is 287 g/mol. The Bertz CT molecular complexity index is 419. The topological polar surface area (TPSA) is 80.9 Å². The summed E-state index contributed by atoms with van der Waals surface area (Å²) in [6.07, 6.45) is 3.80. The fourth-order valence-electron chi connectivity index (χ4n) is 1.57. The number of aromatic nitrogens is 2. The molecule has 1 aromatic rings. The number of halogens is 2. The smallest absolute Gasteiger partial charge is 0.227 e. The maximum Gasteiger partial charge on any atom is 0.227 e. The SMILES string of the molecule is CC(N)CCCC(C)C(=O)Nc1c(Cl)ncnc1Cl. The minimum Gasteiger partial charge on any atom is -0.328 e. The fraction of sp³-hybridized carbons (Fsp3) is 0.583. The van der Waals surface area contributed by atoms with Crippen molar-refractivity contribution in [2.75, 3.05) is 5.32 Å². The van der Waals surface area contributed by atoms with Crippen molar-refractivity contribution in [2.24, 2.45) is 11.7 Å². The van der Waals surface area contributed by atoms with Crippen LogP contribution >= 0.6 is 23.2 Å². The van der Waals surface area contributed by atoms with Crippen molar-refractivity contribution < 1.29 is 4.79 Å². The first-order valence-corrected chi connectivity index (χ1v) is 6.89. The third-order valence-corrected chi connectivity index (χ3v) is 3.32. The van der Waals surface area contributed by atoms with E-state index in [0.717, 1.165) is 19.3 Å². The minimum absolute atomic E-state index is 0.135. The monoisotopic (exact) mass is 304 g/mol. The summed E-state index contributed by atoms with van der Waals surface area (Å²) >= 11 is 11.7. The Kier molecular flexibility index (Phi) is 6.48. The first-order chi connectivity index (χ1) is 8.91. The molecule has 0 saturated carbocycles. The first kappa shape index (κ1) is 16.1. The number of hydrogen-bond donors (Lipinski definition) is 2. The zero-order valence-corrected chi connectivity index (χ0v) is 12.5. The van der Waals surface area contributed by atoms with Crippen LogP contribution in [0.2, 0.25) is 10.3 Å². The van der Waals surface area contributed by atoms with E-state index in [0.29, 0.717) is 0 Å². The highest BCUT2D eigenvalue weighted by Gasteiger charge is 2.17. The Hall–Kier alpha value is -0.910. The number of nitrogens with two attached hydrogens (primary N) is 1. The lowest BCUT2D eigenvalue weighted by Gasteiger charge is -2.13. The van der Waals surface area contributed by atoms with Crippen LogP contribution in [0, 0.1) is 5.92 Å². The van der Waals surface area contributed by atoms with E-state index in [1.165, 1.54) is 6.33 Å². The summed E-state index contributed by atoms with van der Waals surface area (Å²) < 4.78 is 0. The molecule has 1 rings (SSSR count). The maximum absolute atomic E-state index is 12.0. The summed E-state index contributed by atoms with van der Waals surface area (Å²) in [6, 6.07) is 0.154. The molecule has 7 heteroatoms. The minimum atomic E-state index is -0.150. The molecule has 2 unspecified atom stereocenters. The zero-order valence-electron chi connectivity index (χ0n) is 11.0. The van der Waals surface area contributed by atoms with Crippen molar-refractivity contribution in [2.45, 2.75) is 39.2 Å². The van der Waals surface area contributed by atoms with Crippen molar-refractivity contribution >= 4 is 34.8 Å². The molecule has 19 heavy (non-hydrogen) atoms. The molecule has 1 heterocycles. The molecule has 2 atom stereocenters. The number of nitrogens with zero attached hydrogens (tertiary/aromatic N) is 2. The Balaban J connectivity index is 2.54. The lowest BCUT2D eigenvalue weighted by atomic mass is 10.0. The van der Waals surface area contributed by atoms with Gasteiger partial charge in [-0.1, -0.05) is 36.5 Å². The third kappa shape index (κ3) is 5.30. The molecule has 0 bridgehead atoms. The zero-order chi connectivity index (χ0) is 14.4. The number of nitrogens with one attached hydrogen (secondary N) is 1. The van der Waals surface area contributed by atoms with E-state index < -0.39 is 0 Å². The molecule has 0 saturated heterocycles. The average Bonchev–Trinajstić information content (AvgIpc) is 2.33. The number of anilines is 1. The van der Waals surface area contributed by atoms with Gasteiger partial charge in [0.25, 0.3) is 0 Å². The number of rotatable bonds is 6. The van der Waals surface area contributed by atoms with E-state index >= 15 is 0 Å². The second-order valence-electron chi connectivity index (χ2n) is 4.63. The van der Waals surface area contributed by atoms with Gasteiger partial charge in [0, 0.05) is 12.0 Å². The molecule has 0 aliphatic rings. The van der Waals surface area contributed by atoms with Gasteiger partial charge in [0.2, 0.25) is 5.91 Å². The van der Waals surface area contributed by atoms with Gasteiger partial charge in [0.05, 0.1) is 0 Å². The quantitative estimate of drug-likeness (QED) is 0.792. The van der Waals surface area contributed by atoms with Gasteiger partial charge in [-0.2, -0.15) is 0 Å². The molecule has 0 spiro atoms. The summed E-state index contributed by atoms with van der Waals surface area (Å²) in [7, 11) is 0. The molecule has 0 fully saturated rings. The van der Waals surface area contributed by atoms with Gasteiger partial charge in [-0.15, -0.1) is 0 Å². The van der Waals surface area contributed by atoms with Crippen molar-refractivity contribution in [1.82, 2.24) is 9.97 Å². The lowest BCUT2D eigenvalue weighted by molar-refractivity contribution is -0.119. The largest absolute Gasteiger partial charge is 0.328 e. The number of hydrogen-bond acceptors (Lipinski definition) is 4. The molecule has 5 nitrogen and oxygen atoms in total. The molecular formula is C12H18Cl2N4O. The normalized spacial score (nSPS) is 13.9. The Morgan fingerprint density at radius 1 is 1.32 bits per heavy atom. The van der Waals surface area contributed by atoms with Gasteiger partial charge in [0.15, 0.2) is 10.3 Å². The second-order valence-corrected chi connectivity index (χ2v) is 5.34. The standard InChI is InChI=1S/C12H18Cl2N4O/c1-7(4-3-5-8(2)15)12(19)18-9-10(13)16-6-17-11(9)14/h6-8H,3-5,15H2,1-2H3,(H,18,19). The van der Waals surface area contributed by atoms with Crippen LogP contribution in [-0.2, 0) is 4.79 Å². The van der Waals surface area contributed by atoms with E-state index in [-0.39, 0.29) is 33.9 Å². The Morgan fingerprint density at radius 2 is 1.89 bits per heavy atom.